The topological polar surface area (TPSA) is 73.6 Å². The van der Waals surface area contributed by atoms with Crippen LogP contribution in [0.3, 0.4) is 0 Å². The fourth-order valence-corrected chi connectivity index (χ4v) is 1.69. The van der Waals surface area contributed by atoms with Gasteiger partial charge in [-0.15, -0.1) is 0 Å². The number of hydrogen-bond acceptors (Lipinski definition) is 4. The summed E-state index contributed by atoms with van der Waals surface area (Å²) in [4.78, 5) is 11.7. The van der Waals surface area contributed by atoms with Crippen molar-refractivity contribution >= 4 is 11.6 Å². The van der Waals surface area contributed by atoms with Gasteiger partial charge in [0.1, 0.15) is 0 Å². The highest BCUT2D eigenvalue weighted by Gasteiger charge is 2.19. The number of benzene rings is 1. The van der Waals surface area contributed by atoms with E-state index in [1.807, 2.05) is 24.3 Å². The van der Waals surface area contributed by atoms with Gasteiger partial charge in [0, 0.05) is 23.7 Å². The lowest BCUT2D eigenvalue weighted by Crippen LogP contribution is -2.26. The molecule has 1 aliphatic heterocycles. The number of nitrogens with two attached hydrogens (primary N) is 1. The van der Waals surface area contributed by atoms with E-state index in [9.17, 15) is 4.79 Å². The van der Waals surface area contributed by atoms with E-state index in [1.165, 1.54) is 0 Å². The minimum atomic E-state index is -0.325. The molecular weight excluding hydrogens is 232 g/mol. The van der Waals surface area contributed by atoms with E-state index < -0.39 is 0 Å². The summed E-state index contributed by atoms with van der Waals surface area (Å²) in [6.07, 6.45) is -0.325. The van der Waals surface area contributed by atoms with E-state index >= 15 is 0 Å². The minimum Gasteiger partial charge on any atom is -0.346 e. The Bertz CT molecular complexity index is 416. The first-order valence-electron chi connectivity index (χ1n) is 6.05. The molecule has 1 heterocycles. The maximum absolute atomic E-state index is 11.7. The van der Waals surface area contributed by atoms with Gasteiger partial charge in [-0.2, -0.15) is 0 Å². The number of carbonyl (C=O) groups excluding carboxylic acids is 1. The van der Waals surface area contributed by atoms with Crippen LogP contribution >= 0.6 is 0 Å². The van der Waals surface area contributed by atoms with Crippen molar-refractivity contribution in [3.05, 3.63) is 29.8 Å². The molecule has 3 N–H and O–H groups in total. The first-order chi connectivity index (χ1) is 8.70. The van der Waals surface area contributed by atoms with Crippen molar-refractivity contribution in [3.8, 4) is 0 Å². The Labute approximate surface area is 106 Å². The lowest BCUT2D eigenvalue weighted by atomic mass is 10.1. The van der Waals surface area contributed by atoms with Gasteiger partial charge >= 0.3 is 0 Å². The van der Waals surface area contributed by atoms with Crippen molar-refractivity contribution in [3.63, 3.8) is 0 Å². The Balaban J connectivity index is 2.05. The minimum absolute atomic E-state index is 0.0806. The van der Waals surface area contributed by atoms with Gasteiger partial charge in [-0.1, -0.05) is 19.1 Å². The van der Waals surface area contributed by atoms with Crippen LogP contribution in [-0.2, 0) is 14.3 Å². The largest absolute Gasteiger partial charge is 0.346 e. The zero-order valence-electron chi connectivity index (χ0n) is 10.4. The average molecular weight is 250 g/mol. The van der Waals surface area contributed by atoms with Gasteiger partial charge in [0.25, 0.3) is 0 Å². The molecule has 0 bridgehead atoms. The van der Waals surface area contributed by atoms with Gasteiger partial charge in [-0.25, -0.2) is 0 Å². The molecule has 1 fully saturated rings. The van der Waals surface area contributed by atoms with Crippen LogP contribution in [-0.4, -0.2) is 25.7 Å². The van der Waals surface area contributed by atoms with Gasteiger partial charge < -0.3 is 20.5 Å². The zero-order valence-corrected chi connectivity index (χ0v) is 10.4. The second kappa shape index (κ2) is 5.95. The normalized spacial score (nSPS) is 17.7. The lowest BCUT2D eigenvalue weighted by Gasteiger charge is -2.13. The molecule has 5 nitrogen and oxygen atoms in total. The lowest BCUT2D eigenvalue weighted by molar-refractivity contribution is -0.119. The number of nitrogens with one attached hydrogen (secondary N) is 1. The Hall–Kier alpha value is -1.43. The highest BCUT2D eigenvalue weighted by atomic mass is 16.7. The standard InChI is InChI=1S/C13H18N2O3/c1-9(8-14)12(16)15-11-4-2-3-10(7-11)13-17-5-6-18-13/h2-4,7,9,13H,5-6,8,14H2,1H3,(H,15,16). The summed E-state index contributed by atoms with van der Waals surface area (Å²) in [5.41, 5.74) is 7.10. The summed E-state index contributed by atoms with van der Waals surface area (Å²) in [6, 6.07) is 7.47. The Morgan fingerprint density at radius 2 is 2.22 bits per heavy atom. The third kappa shape index (κ3) is 3.07. The number of amides is 1. The van der Waals surface area contributed by atoms with Gasteiger partial charge in [0.15, 0.2) is 6.29 Å². The molecule has 1 amide bonds. The van der Waals surface area contributed by atoms with Crippen LogP contribution < -0.4 is 11.1 Å². The molecular formula is C13H18N2O3. The van der Waals surface area contributed by atoms with Crippen LogP contribution in [0.25, 0.3) is 0 Å². The molecule has 1 unspecified atom stereocenters. The first kappa shape index (κ1) is 13.0. The highest BCUT2D eigenvalue weighted by molar-refractivity contribution is 5.92. The summed E-state index contributed by atoms with van der Waals surface area (Å²) in [5.74, 6) is -0.282. The quantitative estimate of drug-likeness (QED) is 0.844. The summed E-state index contributed by atoms with van der Waals surface area (Å²) in [7, 11) is 0. The van der Waals surface area contributed by atoms with Crippen molar-refractivity contribution in [1.82, 2.24) is 0 Å². The fourth-order valence-electron chi connectivity index (χ4n) is 1.69. The maximum Gasteiger partial charge on any atom is 0.228 e. The molecule has 18 heavy (non-hydrogen) atoms. The van der Waals surface area contributed by atoms with Crippen molar-refractivity contribution in [1.29, 1.82) is 0 Å². The molecule has 1 atom stereocenters. The molecule has 0 aromatic heterocycles. The predicted octanol–water partition coefficient (Wildman–Crippen LogP) is 1.27. The molecule has 1 saturated heterocycles. The van der Waals surface area contributed by atoms with Crippen LogP contribution in [0, 0.1) is 5.92 Å². The van der Waals surface area contributed by atoms with E-state index in [0.29, 0.717) is 19.8 Å². The molecule has 2 rings (SSSR count). The number of rotatable bonds is 4. The van der Waals surface area contributed by atoms with E-state index in [1.54, 1.807) is 6.92 Å². The average Bonchev–Trinajstić information content (AvgIpc) is 2.92. The van der Waals surface area contributed by atoms with Crippen LogP contribution in [0.15, 0.2) is 24.3 Å². The summed E-state index contributed by atoms with van der Waals surface area (Å²) >= 11 is 0. The van der Waals surface area contributed by atoms with Crippen LogP contribution in [0.5, 0.6) is 0 Å². The number of ether oxygens (including phenoxy) is 2. The van der Waals surface area contributed by atoms with Crippen molar-refractivity contribution < 1.29 is 14.3 Å². The third-order valence-corrected chi connectivity index (χ3v) is 2.85. The molecule has 5 heteroatoms. The molecule has 0 spiro atoms. The van der Waals surface area contributed by atoms with Gasteiger partial charge in [0.2, 0.25) is 5.91 Å². The van der Waals surface area contributed by atoms with E-state index in [0.717, 1.165) is 11.3 Å². The summed E-state index contributed by atoms with van der Waals surface area (Å²) in [5, 5.41) is 2.83. The summed E-state index contributed by atoms with van der Waals surface area (Å²) < 4.78 is 10.8. The summed E-state index contributed by atoms with van der Waals surface area (Å²) in [6.45, 7) is 3.33. The molecule has 0 saturated carbocycles. The maximum atomic E-state index is 11.7. The molecule has 1 aliphatic rings. The molecule has 0 aliphatic carbocycles. The predicted molar refractivity (Wildman–Crippen MR) is 67.9 cm³/mol. The Morgan fingerprint density at radius 3 is 2.89 bits per heavy atom. The second-order valence-corrected chi connectivity index (χ2v) is 4.32. The zero-order chi connectivity index (χ0) is 13.0. The van der Waals surface area contributed by atoms with E-state index in [-0.39, 0.29) is 18.1 Å². The second-order valence-electron chi connectivity index (χ2n) is 4.32. The van der Waals surface area contributed by atoms with Gasteiger partial charge in [0.05, 0.1) is 13.2 Å². The molecule has 0 radical (unpaired) electrons. The smallest absolute Gasteiger partial charge is 0.228 e. The molecule has 1 aromatic carbocycles. The van der Waals surface area contributed by atoms with Crippen molar-refractivity contribution in [2.75, 3.05) is 25.1 Å². The monoisotopic (exact) mass is 250 g/mol. The SMILES string of the molecule is CC(CN)C(=O)Nc1cccc(C2OCCO2)c1. The Morgan fingerprint density at radius 1 is 1.50 bits per heavy atom. The molecule has 98 valence electrons. The van der Waals surface area contributed by atoms with E-state index in [2.05, 4.69) is 5.32 Å². The Kier molecular flexibility index (Phi) is 4.30. The van der Waals surface area contributed by atoms with Crippen LogP contribution in [0.1, 0.15) is 18.8 Å². The first-order valence-corrected chi connectivity index (χ1v) is 6.05. The van der Waals surface area contributed by atoms with Gasteiger partial charge in [-0.05, 0) is 12.1 Å². The van der Waals surface area contributed by atoms with Crippen molar-refractivity contribution in [2.24, 2.45) is 11.7 Å². The van der Waals surface area contributed by atoms with E-state index in [4.69, 9.17) is 15.2 Å². The molecule has 1 aromatic rings. The van der Waals surface area contributed by atoms with Gasteiger partial charge in [-0.3, -0.25) is 4.79 Å². The number of carbonyl (C=O) groups is 1. The third-order valence-electron chi connectivity index (χ3n) is 2.85. The van der Waals surface area contributed by atoms with Crippen molar-refractivity contribution in [2.45, 2.75) is 13.2 Å². The highest BCUT2D eigenvalue weighted by Crippen LogP contribution is 2.25. The van der Waals surface area contributed by atoms with Crippen LogP contribution in [0.4, 0.5) is 5.69 Å². The number of anilines is 1. The number of hydrogen-bond donors (Lipinski definition) is 2. The fraction of sp³-hybridized carbons (Fsp3) is 0.462. The van der Waals surface area contributed by atoms with Crippen LogP contribution in [0.2, 0.25) is 0 Å².